The first-order valence-electron chi connectivity index (χ1n) is 6.99. The van der Waals surface area contributed by atoms with Crippen LogP contribution in [0.1, 0.15) is 24.2 Å². The van der Waals surface area contributed by atoms with Gasteiger partial charge in [-0.05, 0) is 37.7 Å². The third kappa shape index (κ3) is 6.91. The molecule has 1 aromatic carbocycles. The van der Waals surface area contributed by atoms with Gasteiger partial charge in [-0.2, -0.15) is 0 Å². The maximum absolute atomic E-state index is 12.2. The zero-order chi connectivity index (χ0) is 17.0. The molecule has 2 N–H and O–H groups in total. The summed E-state index contributed by atoms with van der Waals surface area (Å²) in [6.45, 7) is 5.54. The maximum Gasteiger partial charge on any atom is 0.251 e. The fourth-order valence-electron chi connectivity index (χ4n) is 2.27. The van der Waals surface area contributed by atoms with Gasteiger partial charge in [0.05, 0.1) is 6.26 Å². The van der Waals surface area contributed by atoms with Crippen molar-refractivity contribution in [3.8, 4) is 0 Å². The topological polar surface area (TPSA) is 78.5 Å². The van der Waals surface area contributed by atoms with E-state index in [9.17, 15) is 13.2 Å². The number of anilines is 1. The van der Waals surface area contributed by atoms with Crippen LogP contribution in [0.15, 0.2) is 24.3 Å². The van der Waals surface area contributed by atoms with Crippen molar-refractivity contribution in [1.82, 2.24) is 10.2 Å². The van der Waals surface area contributed by atoms with E-state index in [1.807, 2.05) is 14.1 Å². The Kier molecular flexibility index (Phi) is 5.96. The molecule has 1 aromatic rings. The second-order valence-corrected chi connectivity index (χ2v) is 8.29. The molecule has 0 atom stereocenters. The molecule has 0 unspecified atom stereocenters. The Morgan fingerprint density at radius 3 is 2.45 bits per heavy atom. The molecule has 124 valence electrons. The average Bonchev–Trinajstić information content (AvgIpc) is 2.32. The quantitative estimate of drug-likeness (QED) is 0.793. The highest BCUT2D eigenvalue weighted by molar-refractivity contribution is 7.92. The standard InChI is InChI=1S/C15H25N3O3S/c1-15(2,11-18(3)4)10-16-14(19)12-7-6-8-13(9-12)17-22(5,20)21/h6-9,17H,10-11H2,1-5H3,(H,16,19). The largest absolute Gasteiger partial charge is 0.351 e. The molecule has 0 heterocycles. The maximum atomic E-state index is 12.2. The number of benzene rings is 1. The first-order valence-corrected chi connectivity index (χ1v) is 8.88. The lowest BCUT2D eigenvalue weighted by Crippen LogP contribution is -2.39. The van der Waals surface area contributed by atoms with Crippen molar-refractivity contribution >= 4 is 21.6 Å². The molecule has 1 amide bonds. The SMILES string of the molecule is CN(C)CC(C)(C)CNC(=O)c1cccc(NS(C)(=O)=O)c1. The van der Waals surface area contributed by atoms with Gasteiger partial charge in [-0.1, -0.05) is 19.9 Å². The molecular formula is C15H25N3O3S. The molecule has 22 heavy (non-hydrogen) atoms. The third-order valence-corrected chi connectivity index (χ3v) is 3.51. The highest BCUT2D eigenvalue weighted by Gasteiger charge is 2.20. The molecular weight excluding hydrogens is 302 g/mol. The molecule has 7 heteroatoms. The van der Waals surface area contributed by atoms with Crippen molar-refractivity contribution in [3.63, 3.8) is 0 Å². The Morgan fingerprint density at radius 2 is 1.91 bits per heavy atom. The number of nitrogens with zero attached hydrogens (tertiary/aromatic N) is 1. The Balaban J connectivity index is 2.72. The molecule has 0 aromatic heterocycles. The Hall–Kier alpha value is -1.60. The number of sulfonamides is 1. The number of rotatable bonds is 7. The van der Waals surface area contributed by atoms with E-state index in [4.69, 9.17) is 0 Å². The van der Waals surface area contributed by atoms with Gasteiger partial charge in [0, 0.05) is 24.3 Å². The van der Waals surface area contributed by atoms with Gasteiger partial charge < -0.3 is 10.2 Å². The fraction of sp³-hybridized carbons (Fsp3) is 0.533. The predicted octanol–water partition coefficient (Wildman–Crippen LogP) is 1.38. The van der Waals surface area contributed by atoms with E-state index < -0.39 is 10.0 Å². The van der Waals surface area contributed by atoms with Crippen LogP contribution in [0.3, 0.4) is 0 Å². The number of carbonyl (C=O) groups is 1. The molecule has 0 aliphatic heterocycles. The van der Waals surface area contributed by atoms with E-state index in [-0.39, 0.29) is 11.3 Å². The van der Waals surface area contributed by atoms with E-state index in [0.29, 0.717) is 17.8 Å². The summed E-state index contributed by atoms with van der Waals surface area (Å²) in [5, 5.41) is 2.89. The van der Waals surface area contributed by atoms with Crippen LogP contribution in [0.25, 0.3) is 0 Å². The van der Waals surface area contributed by atoms with Crippen LogP contribution in [0.5, 0.6) is 0 Å². The van der Waals surface area contributed by atoms with Gasteiger partial charge in [-0.25, -0.2) is 8.42 Å². The lowest BCUT2D eigenvalue weighted by molar-refractivity contribution is 0.0929. The fourth-order valence-corrected chi connectivity index (χ4v) is 2.83. The first-order chi connectivity index (χ1) is 9.98. The van der Waals surface area contributed by atoms with Crippen molar-refractivity contribution in [3.05, 3.63) is 29.8 Å². The van der Waals surface area contributed by atoms with E-state index >= 15 is 0 Å². The molecule has 0 radical (unpaired) electrons. The van der Waals surface area contributed by atoms with Gasteiger partial charge in [0.1, 0.15) is 0 Å². The van der Waals surface area contributed by atoms with Gasteiger partial charge in [-0.3, -0.25) is 9.52 Å². The molecule has 0 bridgehead atoms. The smallest absolute Gasteiger partial charge is 0.251 e. The summed E-state index contributed by atoms with van der Waals surface area (Å²) < 4.78 is 24.8. The Morgan fingerprint density at radius 1 is 1.27 bits per heavy atom. The molecule has 1 rings (SSSR count). The van der Waals surface area contributed by atoms with Crippen LogP contribution in [0, 0.1) is 5.41 Å². The minimum absolute atomic E-state index is 0.0538. The summed E-state index contributed by atoms with van der Waals surface area (Å²) in [6.07, 6.45) is 1.07. The third-order valence-electron chi connectivity index (χ3n) is 2.90. The molecule has 0 saturated heterocycles. The molecule has 0 aliphatic carbocycles. The van der Waals surface area contributed by atoms with Crippen molar-refractivity contribution in [2.45, 2.75) is 13.8 Å². The van der Waals surface area contributed by atoms with Crippen LogP contribution in [-0.2, 0) is 10.0 Å². The summed E-state index contributed by atoms with van der Waals surface area (Å²) in [6, 6.07) is 6.43. The highest BCUT2D eigenvalue weighted by Crippen LogP contribution is 2.15. The van der Waals surface area contributed by atoms with E-state index in [0.717, 1.165) is 12.8 Å². The van der Waals surface area contributed by atoms with E-state index in [1.54, 1.807) is 18.2 Å². The number of hydrogen-bond acceptors (Lipinski definition) is 4. The van der Waals surface area contributed by atoms with Crippen LogP contribution in [0.4, 0.5) is 5.69 Å². The second kappa shape index (κ2) is 7.11. The zero-order valence-electron chi connectivity index (χ0n) is 13.8. The van der Waals surface area contributed by atoms with E-state index in [1.165, 1.54) is 6.07 Å². The second-order valence-electron chi connectivity index (χ2n) is 6.54. The number of carbonyl (C=O) groups excluding carboxylic acids is 1. The van der Waals surface area contributed by atoms with Gasteiger partial charge >= 0.3 is 0 Å². The Bertz CT molecular complexity index is 625. The number of nitrogens with one attached hydrogen (secondary N) is 2. The predicted molar refractivity (Wildman–Crippen MR) is 89.6 cm³/mol. The van der Waals surface area contributed by atoms with Gasteiger partial charge in [0.2, 0.25) is 10.0 Å². The minimum Gasteiger partial charge on any atom is -0.351 e. The van der Waals surface area contributed by atoms with Crippen LogP contribution in [-0.4, -0.2) is 52.7 Å². The summed E-state index contributed by atoms with van der Waals surface area (Å²) >= 11 is 0. The molecule has 0 spiro atoms. The lowest BCUT2D eigenvalue weighted by Gasteiger charge is -2.28. The van der Waals surface area contributed by atoms with Crippen molar-refractivity contribution in [2.24, 2.45) is 5.41 Å². The van der Waals surface area contributed by atoms with E-state index in [2.05, 4.69) is 28.8 Å². The molecule has 0 fully saturated rings. The normalized spacial score (nSPS) is 12.3. The average molecular weight is 327 g/mol. The molecule has 0 saturated carbocycles. The minimum atomic E-state index is -3.36. The Labute approximate surface area is 132 Å². The zero-order valence-corrected chi connectivity index (χ0v) is 14.6. The van der Waals surface area contributed by atoms with Crippen LogP contribution >= 0.6 is 0 Å². The van der Waals surface area contributed by atoms with Crippen molar-refractivity contribution in [2.75, 3.05) is 38.2 Å². The summed E-state index contributed by atoms with van der Waals surface area (Å²) in [5.41, 5.74) is 0.749. The number of amides is 1. The van der Waals surface area contributed by atoms with Crippen molar-refractivity contribution in [1.29, 1.82) is 0 Å². The number of hydrogen-bond donors (Lipinski definition) is 2. The van der Waals surface area contributed by atoms with Crippen molar-refractivity contribution < 1.29 is 13.2 Å². The van der Waals surface area contributed by atoms with Gasteiger partial charge in [0.25, 0.3) is 5.91 Å². The highest BCUT2D eigenvalue weighted by atomic mass is 32.2. The van der Waals surface area contributed by atoms with Gasteiger partial charge in [-0.15, -0.1) is 0 Å². The summed E-state index contributed by atoms with van der Waals surface area (Å²) in [4.78, 5) is 14.3. The summed E-state index contributed by atoms with van der Waals surface area (Å²) in [7, 11) is 0.624. The summed E-state index contributed by atoms with van der Waals surface area (Å²) in [5.74, 6) is -0.219. The first kappa shape index (κ1) is 18.4. The van der Waals surface area contributed by atoms with Gasteiger partial charge in [0.15, 0.2) is 0 Å². The molecule has 0 aliphatic rings. The lowest BCUT2D eigenvalue weighted by atomic mass is 9.93. The van der Waals surface area contributed by atoms with Crippen LogP contribution < -0.4 is 10.0 Å². The molecule has 6 nitrogen and oxygen atoms in total. The monoisotopic (exact) mass is 327 g/mol. The van der Waals surface area contributed by atoms with Crippen LogP contribution in [0.2, 0.25) is 0 Å².